The van der Waals surface area contributed by atoms with E-state index in [0.717, 1.165) is 4.90 Å². The maximum absolute atomic E-state index is 12.5. The van der Waals surface area contributed by atoms with Crippen LogP contribution in [0.15, 0.2) is 64.4 Å². The smallest absolute Gasteiger partial charge is 0.285 e. The molecule has 0 aliphatic rings. The fourth-order valence-corrected chi connectivity index (χ4v) is 3.58. The minimum Gasteiger partial charge on any atom is -0.484 e. The van der Waals surface area contributed by atoms with E-state index < -0.39 is 4.92 Å². The molecule has 0 N–H and O–H groups in total. The van der Waals surface area contributed by atoms with Gasteiger partial charge in [0.1, 0.15) is 5.75 Å². The molecule has 0 saturated carbocycles. The Morgan fingerprint density at radius 3 is 2.52 bits per heavy atom. The molecule has 27 heavy (non-hydrogen) atoms. The van der Waals surface area contributed by atoms with Crippen LogP contribution in [-0.4, -0.2) is 27.2 Å². The molecule has 138 valence electrons. The molecule has 0 radical (unpaired) electrons. The van der Waals surface area contributed by atoms with Crippen LogP contribution in [0.1, 0.15) is 16.2 Å². The maximum atomic E-state index is 12.5. The largest absolute Gasteiger partial charge is 0.484 e. The molecule has 1 heterocycles. The number of rotatable bonds is 6. The van der Waals surface area contributed by atoms with Crippen molar-refractivity contribution < 1.29 is 14.5 Å². The van der Waals surface area contributed by atoms with E-state index in [1.54, 1.807) is 44.2 Å². The molecule has 0 spiro atoms. The van der Waals surface area contributed by atoms with Gasteiger partial charge in [-0.1, -0.05) is 42.1 Å². The molecule has 0 bridgehead atoms. The van der Waals surface area contributed by atoms with E-state index in [0.29, 0.717) is 22.0 Å². The highest BCUT2D eigenvalue weighted by Crippen LogP contribution is 2.37. The van der Waals surface area contributed by atoms with E-state index in [4.69, 9.17) is 4.74 Å². The van der Waals surface area contributed by atoms with Gasteiger partial charge in [-0.15, -0.1) is 0 Å². The molecule has 0 atom stereocenters. The zero-order valence-corrected chi connectivity index (χ0v) is 15.6. The number of benzene rings is 2. The van der Waals surface area contributed by atoms with Crippen LogP contribution in [0.25, 0.3) is 0 Å². The van der Waals surface area contributed by atoms with E-state index >= 15 is 0 Å². The van der Waals surface area contributed by atoms with Crippen LogP contribution in [0.4, 0.5) is 5.69 Å². The molecule has 0 fully saturated rings. The number of nitro groups is 1. The van der Waals surface area contributed by atoms with Crippen LogP contribution in [0.5, 0.6) is 5.75 Å². The van der Waals surface area contributed by atoms with Crippen LogP contribution in [0, 0.1) is 24.0 Å². The summed E-state index contributed by atoms with van der Waals surface area (Å²) in [5.41, 5.74) is 1.27. The Balaban J connectivity index is 1.81. The lowest BCUT2D eigenvalue weighted by Crippen LogP contribution is -2.21. The summed E-state index contributed by atoms with van der Waals surface area (Å²) in [7, 11) is 0. The van der Waals surface area contributed by atoms with Crippen molar-refractivity contribution in [3.05, 3.63) is 76.1 Å². The zero-order valence-electron chi connectivity index (χ0n) is 14.8. The lowest BCUT2D eigenvalue weighted by Gasteiger charge is -2.07. The molecule has 8 heteroatoms. The zero-order chi connectivity index (χ0) is 19.4. The Bertz CT molecular complexity index is 986. The van der Waals surface area contributed by atoms with Crippen LogP contribution >= 0.6 is 11.8 Å². The van der Waals surface area contributed by atoms with Crippen LogP contribution in [0.3, 0.4) is 0 Å². The average molecular weight is 383 g/mol. The van der Waals surface area contributed by atoms with Crippen molar-refractivity contribution in [3.8, 4) is 5.75 Å². The van der Waals surface area contributed by atoms with Crippen molar-refractivity contribution >= 4 is 23.4 Å². The highest BCUT2D eigenvalue weighted by atomic mass is 32.2. The van der Waals surface area contributed by atoms with Crippen LogP contribution < -0.4 is 4.74 Å². The van der Waals surface area contributed by atoms with Gasteiger partial charge in [0.2, 0.25) is 0 Å². The number of hydrogen-bond acceptors (Lipinski definition) is 6. The molecule has 2 aromatic carbocycles. The number of hydrogen-bond donors (Lipinski definition) is 0. The summed E-state index contributed by atoms with van der Waals surface area (Å²) in [6, 6.07) is 15.5. The number of aromatic nitrogens is 2. The lowest BCUT2D eigenvalue weighted by atomic mass is 10.3. The molecule has 3 aromatic rings. The molecule has 0 saturated heterocycles. The van der Waals surface area contributed by atoms with Gasteiger partial charge in [-0.3, -0.25) is 14.9 Å². The summed E-state index contributed by atoms with van der Waals surface area (Å²) in [4.78, 5) is 24.5. The van der Waals surface area contributed by atoms with Gasteiger partial charge in [0.25, 0.3) is 11.6 Å². The average Bonchev–Trinajstić information content (AvgIpc) is 2.95. The first-order valence-electron chi connectivity index (χ1n) is 8.16. The standard InChI is InChI=1S/C19H17N3O4S/c1-13-19(27-17-11-7-6-10-16(17)22(24)25)14(2)21(20-13)18(23)12-26-15-8-4-3-5-9-15/h3-11H,12H2,1-2H3. The van der Waals surface area contributed by atoms with Crippen molar-refractivity contribution in [2.75, 3.05) is 6.61 Å². The predicted octanol–water partition coefficient (Wildman–Crippen LogP) is 4.28. The van der Waals surface area contributed by atoms with E-state index in [2.05, 4.69) is 5.10 Å². The molecule has 0 aliphatic carbocycles. The monoisotopic (exact) mass is 383 g/mol. The Kier molecular flexibility index (Phi) is 5.56. The van der Waals surface area contributed by atoms with Gasteiger partial charge in [-0.25, -0.2) is 4.68 Å². The van der Waals surface area contributed by atoms with Gasteiger partial charge < -0.3 is 4.74 Å². The molecular weight excluding hydrogens is 366 g/mol. The number of carbonyl (C=O) groups excluding carboxylic acids is 1. The maximum Gasteiger partial charge on any atom is 0.285 e. The van der Waals surface area contributed by atoms with Crippen molar-refractivity contribution in [3.63, 3.8) is 0 Å². The highest BCUT2D eigenvalue weighted by Gasteiger charge is 2.21. The number of carbonyl (C=O) groups is 1. The predicted molar refractivity (Wildman–Crippen MR) is 101 cm³/mol. The van der Waals surface area contributed by atoms with Gasteiger partial charge in [-0.2, -0.15) is 5.10 Å². The van der Waals surface area contributed by atoms with E-state index in [9.17, 15) is 14.9 Å². The second-order valence-electron chi connectivity index (χ2n) is 5.73. The first-order chi connectivity index (χ1) is 13.0. The number of nitrogens with zero attached hydrogens (tertiary/aromatic N) is 3. The quantitative estimate of drug-likeness (QED) is 0.466. The second-order valence-corrected chi connectivity index (χ2v) is 6.79. The second kappa shape index (κ2) is 8.05. The van der Waals surface area contributed by atoms with Crippen molar-refractivity contribution in [1.29, 1.82) is 0 Å². The summed E-state index contributed by atoms with van der Waals surface area (Å²) in [5.74, 6) is 0.288. The normalized spacial score (nSPS) is 10.6. The molecule has 7 nitrogen and oxygen atoms in total. The Morgan fingerprint density at radius 1 is 1.15 bits per heavy atom. The first kappa shape index (κ1) is 18.7. The third-order valence-corrected chi connectivity index (χ3v) is 5.20. The summed E-state index contributed by atoms with van der Waals surface area (Å²) < 4.78 is 6.78. The minimum atomic E-state index is -0.420. The molecule has 0 aliphatic heterocycles. The van der Waals surface area contributed by atoms with Gasteiger partial charge in [0, 0.05) is 6.07 Å². The van der Waals surface area contributed by atoms with Crippen molar-refractivity contribution in [1.82, 2.24) is 9.78 Å². The Hall–Kier alpha value is -3.13. The van der Waals surface area contributed by atoms with Gasteiger partial charge >= 0.3 is 0 Å². The van der Waals surface area contributed by atoms with Gasteiger partial charge in [0.15, 0.2) is 6.61 Å². The first-order valence-corrected chi connectivity index (χ1v) is 8.97. The van der Waals surface area contributed by atoms with Crippen LogP contribution in [0.2, 0.25) is 0 Å². The summed E-state index contributed by atoms with van der Waals surface area (Å²) in [5, 5.41) is 15.5. The van der Waals surface area contributed by atoms with Gasteiger partial charge in [-0.05, 0) is 32.0 Å². The third kappa shape index (κ3) is 4.17. The fourth-order valence-electron chi connectivity index (χ4n) is 2.55. The SMILES string of the molecule is Cc1nn(C(=O)COc2ccccc2)c(C)c1Sc1ccccc1[N+](=O)[O-]. The van der Waals surface area contributed by atoms with Crippen molar-refractivity contribution in [2.45, 2.75) is 23.6 Å². The summed E-state index contributed by atoms with van der Waals surface area (Å²) >= 11 is 1.23. The topological polar surface area (TPSA) is 87.3 Å². The number of aryl methyl sites for hydroxylation is 1. The number of para-hydroxylation sites is 2. The molecule has 1 aromatic heterocycles. The minimum absolute atomic E-state index is 0.0211. The molecule has 3 rings (SSSR count). The molecule has 0 unspecified atom stereocenters. The molecule has 0 amide bonds. The Morgan fingerprint density at radius 2 is 1.81 bits per heavy atom. The van der Waals surface area contributed by atoms with Crippen LogP contribution in [-0.2, 0) is 0 Å². The van der Waals surface area contributed by atoms with Crippen molar-refractivity contribution in [2.24, 2.45) is 0 Å². The number of nitro benzene ring substituents is 1. The number of ether oxygens (including phenoxy) is 1. The van der Waals surface area contributed by atoms with E-state index in [1.165, 1.54) is 22.5 Å². The molecular formula is C19H17N3O4S. The highest BCUT2D eigenvalue weighted by molar-refractivity contribution is 7.99. The Labute approximate surface area is 160 Å². The third-order valence-electron chi connectivity index (χ3n) is 3.84. The fraction of sp³-hybridized carbons (Fsp3) is 0.158. The summed E-state index contributed by atoms with van der Waals surface area (Å²) in [6.07, 6.45) is 0. The summed E-state index contributed by atoms with van der Waals surface area (Å²) in [6.45, 7) is 3.38. The lowest BCUT2D eigenvalue weighted by molar-refractivity contribution is -0.387. The van der Waals surface area contributed by atoms with E-state index in [1.807, 2.05) is 18.2 Å². The van der Waals surface area contributed by atoms with E-state index in [-0.39, 0.29) is 18.2 Å². The van der Waals surface area contributed by atoms with Gasteiger partial charge in [0.05, 0.1) is 26.1 Å².